The molecule has 0 amide bonds. The smallest absolute Gasteiger partial charge is 0.0957 e. The third-order valence-corrected chi connectivity index (χ3v) is 4.56. The van der Waals surface area contributed by atoms with Crippen molar-refractivity contribution in [1.82, 2.24) is 9.55 Å². The van der Waals surface area contributed by atoms with Crippen molar-refractivity contribution in [2.45, 2.75) is 31.1 Å². The van der Waals surface area contributed by atoms with Crippen LogP contribution in [0.15, 0.2) is 30.7 Å². The van der Waals surface area contributed by atoms with E-state index >= 15 is 0 Å². The van der Waals surface area contributed by atoms with Gasteiger partial charge in [0.2, 0.25) is 0 Å². The third kappa shape index (κ3) is 1.72. The standard InChI is InChI=1S/C15H15ClN2O2/c16-11-3-1-2-10-12-7-17-8-18(12)15(14(10)11)13-6-9(19)4-5-20-13/h1-3,7-9,13,15,19H,4-6H2/t9?,13?,15-/m1/s1. The molecule has 0 bridgehead atoms. The summed E-state index contributed by atoms with van der Waals surface area (Å²) < 4.78 is 8.01. The van der Waals surface area contributed by atoms with Crippen LogP contribution in [0.2, 0.25) is 5.02 Å². The van der Waals surface area contributed by atoms with Crippen molar-refractivity contribution in [3.63, 3.8) is 0 Å². The zero-order valence-electron chi connectivity index (χ0n) is 10.9. The molecule has 1 aromatic carbocycles. The van der Waals surface area contributed by atoms with Gasteiger partial charge in [0.1, 0.15) is 0 Å². The summed E-state index contributed by atoms with van der Waals surface area (Å²) in [5.41, 5.74) is 3.27. The van der Waals surface area contributed by atoms with Crippen LogP contribution in [0.3, 0.4) is 0 Å². The maximum atomic E-state index is 9.92. The minimum absolute atomic E-state index is 0.00569. The maximum absolute atomic E-state index is 9.92. The highest BCUT2D eigenvalue weighted by Crippen LogP contribution is 2.46. The molecule has 2 aliphatic heterocycles. The van der Waals surface area contributed by atoms with Gasteiger partial charge in [0, 0.05) is 29.2 Å². The molecule has 0 spiro atoms. The number of hydrogen-bond donors (Lipinski definition) is 1. The van der Waals surface area contributed by atoms with Crippen LogP contribution in [0.1, 0.15) is 24.4 Å². The van der Waals surface area contributed by atoms with E-state index in [4.69, 9.17) is 16.3 Å². The molecule has 2 aliphatic rings. The van der Waals surface area contributed by atoms with Crippen molar-refractivity contribution in [1.29, 1.82) is 0 Å². The molecular formula is C15H15ClN2O2. The van der Waals surface area contributed by atoms with Crippen LogP contribution in [0.5, 0.6) is 0 Å². The molecule has 0 saturated carbocycles. The number of aromatic nitrogens is 2. The first-order chi connectivity index (χ1) is 9.75. The molecule has 2 aromatic rings. The number of halogens is 1. The van der Waals surface area contributed by atoms with Gasteiger partial charge in [-0.05, 0) is 12.5 Å². The quantitative estimate of drug-likeness (QED) is 0.878. The lowest BCUT2D eigenvalue weighted by Gasteiger charge is -2.32. The highest BCUT2D eigenvalue weighted by Gasteiger charge is 2.38. The van der Waals surface area contributed by atoms with Crippen LogP contribution in [0.25, 0.3) is 11.3 Å². The van der Waals surface area contributed by atoms with Gasteiger partial charge >= 0.3 is 0 Å². The summed E-state index contributed by atoms with van der Waals surface area (Å²) in [6.07, 6.45) is 4.65. The average Bonchev–Trinajstić information content (AvgIpc) is 3.00. The molecule has 104 valence electrons. The van der Waals surface area contributed by atoms with Crippen molar-refractivity contribution in [3.8, 4) is 11.3 Å². The van der Waals surface area contributed by atoms with Crippen LogP contribution in [-0.4, -0.2) is 33.5 Å². The molecule has 3 atom stereocenters. The Morgan fingerprint density at radius 2 is 2.30 bits per heavy atom. The Balaban J connectivity index is 1.84. The molecular weight excluding hydrogens is 276 g/mol. The predicted octanol–water partition coefficient (Wildman–Crippen LogP) is 2.65. The summed E-state index contributed by atoms with van der Waals surface area (Å²) in [5.74, 6) is 0. The largest absolute Gasteiger partial charge is 0.393 e. The van der Waals surface area contributed by atoms with Gasteiger partial charge in [0.25, 0.3) is 0 Å². The first kappa shape index (κ1) is 12.4. The molecule has 20 heavy (non-hydrogen) atoms. The summed E-state index contributed by atoms with van der Waals surface area (Å²) in [4.78, 5) is 4.24. The van der Waals surface area contributed by atoms with E-state index in [1.54, 1.807) is 0 Å². The van der Waals surface area contributed by atoms with Gasteiger partial charge in [-0.15, -0.1) is 0 Å². The second-order valence-corrected chi connectivity index (χ2v) is 5.83. The number of aliphatic hydroxyl groups is 1. The lowest BCUT2D eigenvalue weighted by atomic mass is 9.93. The molecule has 4 rings (SSSR count). The number of nitrogens with zero attached hydrogens (tertiary/aromatic N) is 2. The minimum Gasteiger partial charge on any atom is -0.393 e. The zero-order chi connectivity index (χ0) is 13.7. The summed E-state index contributed by atoms with van der Waals surface area (Å²) in [6, 6.07) is 5.93. The molecule has 1 aromatic heterocycles. The lowest BCUT2D eigenvalue weighted by molar-refractivity contribution is -0.0580. The normalized spacial score (nSPS) is 28.2. The topological polar surface area (TPSA) is 47.3 Å². The Bertz CT molecular complexity index is 655. The minimum atomic E-state index is -0.299. The molecule has 1 saturated heterocycles. The molecule has 1 fully saturated rings. The Labute approximate surface area is 122 Å². The summed E-state index contributed by atoms with van der Waals surface area (Å²) in [6.45, 7) is 0.589. The van der Waals surface area contributed by atoms with Gasteiger partial charge in [-0.1, -0.05) is 23.7 Å². The second-order valence-electron chi connectivity index (χ2n) is 5.42. The molecule has 1 N–H and O–H groups in total. The molecule has 0 radical (unpaired) electrons. The van der Waals surface area contributed by atoms with Gasteiger partial charge in [-0.3, -0.25) is 0 Å². The number of hydrogen-bond acceptors (Lipinski definition) is 3. The van der Waals surface area contributed by atoms with Crippen molar-refractivity contribution in [3.05, 3.63) is 41.3 Å². The van der Waals surface area contributed by atoms with Crippen LogP contribution in [0.4, 0.5) is 0 Å². The van der Waals surface area contributed by atoms with E-state index in [0.717, 1.165) is 21.8 Å². The SMILES string of the molecule is OC1CCOC([C@@H]2c3c(Cl)cccc3-c3cncn32)C1. The van der Waals surface area contributed by atoms with Crippen LogP contribution in [-0.2, 0) is 4.74 Å². The van der Waals surface area contributed by atoms with E-state index in [1.165, 1.54) is 0 Å². The Morgan fingerprint density at radius 3 is 3.15 bits per heavy atom. The molecule has 3 heterocycles. The number of ether oxygens (including phenoxy) is 1. The Morgan fingerprint density at radius 1 is 1.40 bits per heavy atom. The number of imidazole rings is 1. The highest BCUT2D eigenvalue weighted by molar-refractivity contribution is 6.32. The summed E-state index contributed by atoms with van der Waals surface area (Å²) >= 11 is 6.42. The maximum Gasteiger partial charge on any atom is 0.0957 e. The van der Waals surface area contributed by atoms with Crippen LogP contribution < -0.4 is 0 Å². The van der Waals surface area contributed by atoms with E-state index in [0.29, 0.717) is 19.4 Å². The Hall–Kier alpha value is -1.36. The van der Waals surface area contributed by atoms with E-state index in [-0.39, 0.29) is 18.2 Å². The van der Waals surface area contributed by atoms with Crippen molar-refractivity contribution in [2.24, 2.45) is 0 Å². The molecule has 0 aliphatic carbocycles. The summed E-state index contributed by atoms with van der Waals surface area (Å²) in [7, 11) is 0. The van der Waals surface area contributed by atoms with Gasteiger partial charge in [-0.2, -0.15) is 0 Å². The van der Waals surface area contributed by atoms with Gasteiger partial charge in [0.05, 0.1) is 36.5 Å². The van der Waals surface area contributed by atoms with Crippen molar-refractivity contribution < 1.29 is 9.84 Å². The van der Waals surface area contributed by atoms with Crippen molar-refractivity contribution >= 4 is 11.6 Å². The average molecular weight is 291 g/mol. The number of fused-ring (bicyclic) bond motifs is 3. The molecule has 4 nitrogen and oxygen atoms in total. The van der Waals surface area contributed by atoms with Crippen molar-refractivity contribution in [2.75, 3.05) is 6.61 Å². The fourth-order valence-corrected chi connectivity index (χ4v) is 3.62. The van der Waals surface area contributed by atoms with Gasteiger partial charge < -0.3 is 14.4 Å². The van der Waals surface area contributed by atoms with E-state index in [1.807, 2.05) is 24.7 Å². The van der Waals surface area contributed by atoms with Gasteiger partial charge in [-0.25, -0.2) is 4.98 Å². The zero-order valence-corrected chi connectivity index (χ0v) is 11.6. The predicted molar refractivity (Wildman–Crippen MR) is 75.8 cm³/mol. The summed E-state index contributed by atoms with van der Waals surface area (Å²) in [5, 5.41) is 10.7. The lowest BCUT2D eigenvalue weighted by Crippen LogP contribution is -2.35. The number of benzene rings is 1. The number of rotatable bonds is 1. The third-order valence-electron chi connectivity index (χ3n) is 4.23. The van der Waals surface area contributed by atoms with Crippen LogP contribution >= 0.6 is 11.6 Å². The first-order valence-electron chi connectivity index (χ1n) is 6.86. The molecule has 2 unspecified atom stereocenters. The van der Waals surface area contributed by atoms with E-state index < -0.39 is 0 Å². The Kier molecular flexibility index (Phi) is 2.84. The van der Waals surface area contributed by atoms with E-state index in [2.05, 4.69) is 15.6 Å². The monoisotopic (exact) mass is 290 g/mol. The highest BCUT2D eigenvalue weighted by atomic mass is 35.5. The van der Waals surface area contributed by atoms with E-state index in [9.17, 15) is 5.11 Å². The number of aliphatic hydroxyl groups excluding tert-OH is 1. The second kappa shape index (κ2) is 4.58. The first-order valence-corrected chi connectivity index (χ1v) is 7.24. The fourth-order valence-electron chi connectivity index (χ4n) is 3.33. The van der Waals surface area contributed by atoms with Crippen LogP contribution in [0, 0.1) is 0 Å². The van der Waals surface area contributed by atoms with Gasteiger partial charge in [0.15, 0.2) is 0 Å². The fraction of sp³-hybridized carbons (Fsp3) is 0.400. The molecule has 5 heteroatoms.